The third-order valence-electron chi connectivity index (χ3n) is 4.70. The van der Waals surface area contributed by atoms with Gasteiger partial charge in [0.25, 0.3) is 0 Å². The van der Waals surface area contributed by atoms with E-state index in [-0.39, 0.29) is 6.04 Å². The Labute approximate surface area is 139 Å². The molecular formula is C20H27N3. The highest BCUT2D eigenvalue weighted by atomic mass is 15.1. The fourth-order valence-electron chi connectivity index (χ4n) is 3.42. The molecule has 23 heavy (non-hydrogen) atoms. The molecule has 1 fully saturated rings. The van der Waals surface area contributed by atoms with Gasteiger partial charge < -0.3 is 16.0 Å². The molecule has 0 bridgehead atoms. The Kier molecular flexibility index (Phi) is 5.81. The lowest BCUT2D eigenvalue weighted by molar-refractivity contribution is 0.198. The van der Waals surface area contributed by atoms with E-state index < -0.39 is 0 Å². The van der Waals surface area contributed by atoms with Crippen LogP contribution in [0.5, 0.6) is 0 Å². The van der Waals surface area contributed by atoms with Gasteiger partial charge in [-0.1, -0.05) is 60.7 Å². The van der Waals surface area contributed by atoms with E-state index in [9.17, 15) is 0 Å². The number of nitrogens with one attached hydrogen (secondary N) is 1. The van der Waals surface area contributed by atoms with E-state index >= 15 is 0 Å². The molecule has 3 nitrogen and oxygen atoms in total. The molecule has 3 heteroatoms. The molecule has 3 N–H and O–H groups in total. The summed E-state index contributed by atoms with van der Waals surface area (Å²) in [6, 6.07) is 22.3. The van der Waals surface area contributed by atoms with Crippen molar-refractivity contribution in [2.75, 3.05) is 26.2 Å². The van der Waals surface area contributed by atoms with E-state index in [1.165, 1.54) is 24.0 Å². The average Bonchev–Trinajstić information content (AvgIpc) is 2.63. The fourth-order valence-corrected chi connectivity index (χ4v) is 3.42. The molecule has 0 atom stereocenters. The maximum absolute atomic E-state index is 5.67. The lowest BCUT2D eigenvalue weighted by Gasteiger charge is -2.34. The second-order valence-corrected chi connectivity index (χ2v) is 6.33. The Bertz CT molecular complexity index is 522. The summed E-state index contributed by atoms with van der Waals surface area (Å²) in [7, 11) is 0. The van der Waals surface area contributed by atoms with Crippen LogP contribution in [0.4, 0.5) is 0 Å². The first-order valence-corrected chi connectivity index (χ1v) is 8.65. The number of nitrogens with zero attached hydrogens (tertiary/aromatic N) is 1. The lowest BCUT2D eigenvalue weighted by atomic mass is 9.95. The molecular weight excluding hydrogens is 282 g/mol. The van der Waals surface area contributed by atoms with Gasteiger partial charge in [-0.15, -0.1) is 0 Å². The summed E-state index contributed by atoms with van der Waals surface area (Å²) >= 11 is 0. The quantitative estimate of drug-likeness (QED) is 0.862. The summed E-state index contributed by atoms with van der Waals surface area (Å²) < 4.78 is 0. The van der Waals surface area contributed by atoms with Crippen LogP contribution in [0, 0.1) is 0 Å². The molecule has 0 aliphatic carbocycles. The van der Waals surface area contributed by atoms with Crippen LogP contribution in [-0.4, -0.2) is 37.1 Å². The molecule has 3 rings (SSSR count). The molecule has 2 aromatic rings. The van der Waals surface area contributed by atoms with Crippen molar-refractivity contribution >= 4 is 0 Å². The first-order chi connectivity index (χ1) is 11.4. The third-order valence-corrected chi connectivity index (χ3v) is 4.70. The minimum atomic E-state index is 0.267. The smallest absolute Gasteiger partial charge is 0.0578 e. The van der Waals surface area contributed by atoms with Gasteiger partial charge in [0, 0.05) is 19.1 Å². The van der Waals surface area contributed by atoms with Gasteiger partial charge in [-0.3, -0.25) is 0 Å². The zero-order chi connectivity index (χ0) is 15.9. The summed E-state index contributed by atoms with van der Waals surface area (Å²) in [4.78, 5) is 2.47. The van der Waals surface area contributed by atoms with Crippen molar-refractivity contribution in [1.82, 2.24) is 10.2 Å². The van der Waals surface area contributed by atoms with Gasteiger partial charge in [0.1, 0.15) is 0 Å². The van der Waals surface area contributed by atoms with Gasteiger partial charge in [-0.25, -0.2) is 0 Å². The summed E-state index contributed by atoms with van der Waals surface area (Å²) in [6.07, 6.45) is 2.38. The van der Waals surface area contributed by atoms with Crippen molar-refractivity contribution in [3.8, 4) is 0 Å². The van der Waals surface area contributed by atoms with Crippen LogP contribution in [0.1, 0.15) is 30.0 Å². The van der Waals surface area contributed by atoms with Crippen molar-refractivity contribution in [3.05, 3.63) is 71.8 Å². The van der Waals surface area contributed by atoms with Crippen molar-refractivity contribution in [3.63, 3.8) is 0 Å². The number of nitrogens with two attached hydrogens (primary N) is 1. The molecule has 2 aromatic carbocycles. The van der Waals surface area contributed by atoms with Gasteiger partial charge in [0.15, 0.2) is 0 Å². The maximum Gasteiger partial charge on any atom is 0.0578 e. The maximum atomic E-state index is 5.67. The highest BCUT2D eigenvalue weighted by Gasteiger charge is 2.22. The van der Waals surface area contributed by atoms with Crippen molar-refractivity contribution in [2.24, 2.45) is 5.73 Å². The van der Waals surface area contributed by atoms with Gasteiger partial charge in [-0.05, 0) is 37.1 Å². The van der Waals surface area contributed by atoms with Crippen LogP contribution in [-0.2, 0) is 0 Å². The number of likely N-dealkylation sites (tertiary alicyclic amines) is 1. The van der Waals surface area contributed by atoms with Gasteiger partial charge in [0.2, 0.25) is 0 Å². The number of hydrogen-bond donors (Lipinski definition) is 2. The first-order valence-electron chi connectivity index (χ1n) is 8.65. The lowest BCUT2D eigenvalue weighted by Crippen LogP contribution is -2.45. The molecule has 1 aliphatic rings. The second-order valence-electron chi connectivity index (χ2n) is 6.33. The Balaban J connectivity index is 1.70. The monoisotopic (exact) mass is 309 g/mol. The number of piperidine rings is 1. The van der Waals surface area contributed by atoms with Crippen molar-refractivity contribution in [2.45, 2.75) is 24.9 Å². The van der Waals surface area contributed by atoms with Crippen molar-refractivity contribution in [1.29, 1.82) is 0 Å². The second kappa shape index (κ2) is 8.25. The number of benzene rings is 2. The van der Waals surface area contributed by atoms with Gasteiger partial charge in [-0.2, -0.15) is 0 Å². The highest BCUT2D eigenvalue weighted by molar-refractivity contribution is 5.31. The van der Waals surface area contributed by atoms with Crippen molar-refractivity contribution < 1.29 is 0 Å². The van der Waals surface area contributed by atoms with E-state index in [2.05, 4.69) is 70.9 Å². The standard InChI is InChI=1S/C20H27N3/c21-13-16-23-14-11-19(12-15-23)22-20(17-7-3-1-4-8-17)18-9-5-2-6-10-18/h1-10,19-20,22H,11-16,21H2. The predicted molar refractivity (Wildman–Crippen MR) is 96.4 cm³/mol. The fraction of sp³-hybridized carbons (Fsp3) is 0.400. The molecule has 1 heterocycles. The molecule has 0 saturated carbocycles. The number of rotatable bonds is 6. The van der Waals surface area contributed by atoms with E-state index in [0.717, 1.165) is 26.2 Å². The largest absolute Gasteiger partial charge is 0.329 e. The predicted octanol–water partition coefficient (Wildman–Crippen LogP) is 2.79. The molecule has 0 unspecified atom stereocenters. The molecule has 0 radical (unpaired) electrons. The van der Waals surface area contributed by atoms with Crippen LogP contribution in [0.3, 0.4) is 0 Å². The van der Waals surface area contributed by atoms with Crippen LogP contribution in [0.2, 0.25) is 0 Å². The van der Waals surface area contributed by atoms with E-state index in [4.69, 9.17) is 5.73 Å². The van der Waals surface area contributed by atoms with Gasteiger partial charge in [0.05, 0.1) is 6.04 Å². The van der Waals surface area contributed by atoms with E-state index in [0.29, 0.717) is 6.04 Å². The summed E-state index contributed by atoms with van der Waals surface area (Å²) in [5.41, 5.74) is 8.34. The molecule has 0 spiro atoms. The van der Waals surface area contributed by atoms with Crippen LogP contribution in [0.25, 0.3) is 0 Å². The third kappa shape index (κ3) is 4.41. The summed E-state index contributed by atoms with van der Waals surface area (Å²) in [5, 5.41) is 3.89. The summed E-state index contributed by atoms with van der Waals surface area (Å²) in [5.74, 6) is 0. The highest BCUT2D eigenvalue weighted by Crippen LogP contribution is 2.24. The Hall–Kier alpha value is -1.68. The topological polar surface area (TPSA) is 41.3 Å². The Morgan fingerprint density at radius 2 is 1.43 bits per heavy atom. The summed E-state index contributed by atoms with van der Waals surface area (Å²) in [6.45, 7) is 4.07. The van der Waals surface area contributed by atoms with E-state index in [1.807, 2.05) is 0 Å². The Morgan fingerprint density at radius 3 is 1.91 bits per heavy atom. The average molecular weight is 309 g/mol. The first kappa shape index (κ1) is 16.2. The van der Waals surface area contributed by atoms with Crippen LogP contribution in [0.15, 0.2) is 60.7 Å². The minimum absolute atomic E-state index is 0.267. The van der Waals surface area contributed by atoms with Gasteiger partial charge >= 0.3 is 0 Å². The molecule has 0 aromatic heterocycles. The molecule has 0 amide bonds. The minimum Gasteiger partial charge on any atom is -0.329 e. The molecule has 1 aliphatic heterocycles. The normalized spacial score (nSPS) is 16.8. The zero-order valence-electron chi connectivity index (χ0n) is 13.7. The molecule has 122 valence electrons. The van der Waals surface area contributed by atoms with Crippen LogP contribution < -0.4 is 11.1 Å². The zero-order valence-corrected chi connectivity index (χ0v) is 13.7. The molecule has 1 saturated heterocycles. The number of hydrogen-bond acceptors (Lipinski definition) is 3. The van der Waals surface area contributed by atoms with E-state index in [1.54, 1.807) is 0 Å². The SMILES string of the molecule is NCCN1CCC(NC(c2ccccc2)c2ccccc2)CC1. The van der Waals surface area contributed by atoms with Crippen LogP contribution >= 0.6 is 0 Å². The Morgan fingerprint density at radius 1 is 0.913 bits per heavy atom.